The number of ether oxygens (including phenoxy) is 1. The van der Waals surface area contributed by atoms with Crippen molar-refractivity contribution in [1.29, 1.82) is 0 Å². The molecule has 66 valence electrons. The lowest BCUT2D eigenvalue weighted by Gasteiger charge is -2.03. The second kappa shape index (κ2) is 4.69. The Bertz CT molecular complexity index is 225. The molecule has 4 heteroatoms. The van der Waals surface area contributed by atoms with E-state index in [4.69, 9.17) is 10.6 Å². The van der Waals surface area contributed by atoms with Gasteiger partial charge < -0.3 is 9.57 Å². The van der Waals surface area contributed by atoms with Crippen molar-refractivity contribution in [2.75, 3.05) is 13.2 Å². The molecule has 1 aromatic rings. The summed E-state index contributed by atoms with van der Waals surface area (Å²) < 4.78 is 17.5. The summed E-state index contributed by atoms with van der Waals surface area (Å²) in [4.78, 5) is 4.29. The smallest absolute Gasteiger partial charge is 0.123 e. The van der Waals surface area contributed by atoms with Crippen LogP contribution in [0.3, 0.4) is 0 Å². The fourth-order valence-corrected chi connectivity index (χ4v) is 0.738. The Hall–Kier alpha value is -1.13. The minimum absolute atomic E-state index is 0.280. The SMILES string of the molecule is NOCCOc1ccc(F)cc1. The zero-order chi connectivity index (χ0) is 8.81. The summed E-state index contributed by atoms with van der Waals surface area (Å²) in [5.41, 5.74) is 0. The summed E-state index contributed by atoms with van der Waals surface area (Å²) >= 11 is 0. The van der Waals surface area contributed by atoms with Crippen molar-refractivity contribution in [2.24, 2.45) is 5.90 Å². The number of hydrogen-bond acceptors (Lipinski definition) is 3. The Morgan fingerprint density at radius 3 is 2.42 bits per heavy atom. The highest BCUT2D eigenvalue weighted by Crippen LogP contribution is 2.10. The molecule has 0 unspecified atom stereocenters. The van der Waals surface area contributed by atoms with E-state index >= 15 is 0 Å². The molecular weight excluding hydrogens is 161 g/mol. The third-order valence-electron chi connectivity index (χ3n) is 1.28. The van der Waals surface area contributed by atoms with Crippen molar-refractivity contribution in [3.05, 3.63) is 30.1 Å². The molecule has 0 fully saturated rings. The molecule has 0 bridgehead atoms. The molecule has 0 atom stereocenters. The number of rotatable bonds is 4. The van der Waals surface area contributed by atoms with Gasteiger partial charge >= 0.3 is 0 Å². The first kappa shape index (κ1) is 8.96. The van der Waals surface area contributed by atoms with Crippen molar-refractivity contribution in [3.8, 4) is 5.75 Å². The fourth-order valence-electron chi connectivity index (χ4n) is 0.738. The molecule has 1 aromatic carbocycles. The Labute approximate surface area is 69.8 Å². The molecule has 0 radical (unpaired) electrons. The van der Waals surface area contributed by atoms with Crippen LogP contribution in [0.2, 0.25) is 0 Å². The van der Waals surface area contributed by atoms with Gasteiger partial charge in [-0.1, -0.05) is 0 Å². The van der Waals surface area contributed by atoms with E-state index in [9.17, 15) is 4.39 Å². The highest BCUT2D eigenvalue weighted by molar-refractivity contribution is 5.21. The van der Waals surface area contributed by atoms with Crippen LogP contribution in [0.25, 0.3) is 0 Å². The molecule has 0 heterocycles. The van der Waals surface area contributed by atoms with E-state index in [2.05, 4.69) is 4.84 Å². The molecule has 0 aliphatic heterocycles. The van der Waals surface area contributed by atoms with Crippen LogP contribution in [0.15, 0.2) is 24.3 Å². The van der Waals surface area contributed by atoms with Crippen molar-refractivity contribution in [1.82, 2.24) is 0 Å². The molecule has 1 rings (SSSR count). The lowest BCUT2D eigenvalue weighted by molar-refractivity contribution is 0.102. The summed E-state index contributed by atoms with van der Waals surface area (Å²) in [6, 6.07) is 5.76. The zero-order valence-electron chi connectivity index (χ0n) is 6.50. The first-order valence-electron chi connectivity index (χ1n) is 3.53. The molecule has 0 amide bonds. The largest absolute Gasteiger partial charge is 0.491 e. The molecular formula is C8H10FNO2. The van der Waals surface area contributed by atoms with Crippen LogP contribution in [-0.2, 0) is 4.84 Å². The Morgan fingerprint density at radius 1 is 1.17 bits per heavy atom. The zero-order valence-corrected chi connectivity index (χ0v) is 6.50. The molecule has 0 saturated heterocycles. The van der Waals surface area contributed by atoms with Crippen molar-refractivity contribution < 1.29 is 14.0 Å². The second-order valence-electron chi connectivity index (χ2n) is 2.17. The Balaban J connectivity index is 2.37. The standard InChI is InChI=1S/C8H10FNO2/c9-7-1-3-8(4-2-7)11-5-6-12-10/h1-4H,5-6,10H2. The van der Waals surface area contributed by atoms with E-state index < -0.39 is 0 Å². The van der Waals surface area contributed by atoms with Gasteiger partial charge in [-0.05, 0) is 24.3 Å². The van der Waals surface area contributed by atoms with Gasteiger partial charge in [0.1, 0.15) is 24.8 Å². The van der Waals surface area contributed by atoms with E-state index in [1.54, 1.807) is 12.1 Å². The summed E-state index contributed by atoms with van der Waals surface area (Å²) in [6.45, 7) is 0.680. The number of nitrogens with two attached hydrogens (primary N) is 1. The monoisotopic (exact) mass is 171 g/mol. The normalized spacial score (nSPS) is 9.83. The quantitative estimate of drug-likeness (QED) is 0.545. The van der Waals surface area contributed by atoms with Crippen LogP contribution in [0.1, 0.15) is 0 Å². The van der Waals surface area contributed by atoms with Crippen LogP contribution < -0.4 is 10.6 Å². The predicted octanol–water partition coefficient (Wildman–Crippen LogP) is 1.09. The van der Waals surface area contributed by atoms with Crippen LogP contribution in [0.5, 0.6) is 5.75 Å². The van der Waals surface area contributed by atoms with Gasteiger partial charge in [-0.25, -0.2) is 10.3 Å². The maximum absolute atomic E-state index is 12.4. The van der Waals surface area contributed by atoms with Gasteiger partial charge in [0.25, 0.3) is 0 Å². The second-order valence-corrected chi connectivity index (χ2v) is 2.17. The Morgan fingerprint density at radius 2 is 1.83 bits per heavy atom. The first-order chi connectivity index (χ1) is 5.83. The highest BCUT2D eigenvalue weighted by Gasteiger charge is 1.93. The average molecular weight is 171 g/mol. The van der Waals surface area contributed by atoms with E-state index in [0.29, 0.717) is 19.0 Å². The maximum Gasteiger partial charge on any atom is 0.123 e. The average Bonchev–Trinajstić information content (AvgIpc) is 2.09. The van der Waals surface area contributed by atoms with Gasteiger partial charge in [0, 0.05) is 0 Å². The highest BCUT2D eigenvalue weighted by atomic mass is 19.1. The molecule has 3 nitrogen and oxygen atoms in total. The van der Waals surface area contributed by atoms with Crippen LogP contribution >= 0.6 is 0 Å². The van der Waals surface area contributed by atoms with E-state index in [-0.39, 0.29) is 5.82 Å². The molecule has 12 heavy (non-hydrogen) atoms. The summed E-state index contributed by atoms with van der Waals surface area (Å²) in [5, 5.41) is 0. The molecule has 0 aliphatic carbocycles. The lowest BCUT2D eigenvalue weighted by atomic mass is 10.3. The Kier molecular flexibility index (Phi) is 3.50. The van der Waals surface area contributed by atoms with Crippen LogP contribution in [-0.4, -0.2) is 13.2 Å². The molecule has 0 spiro atoms. The third-order valence-corrected chi connectivity index (χ3v) is 1.28. The fraction of sp³-hybridized carbons (Fsp3) is 0.250. The number of halogens is 1. The van der Waals surface area contributed by atoms with Gasteiger partial charge in [0.15, 0.2) is 0 Å². The van der Waals surface area contributed by atoms with Crippen LogP contribution in [0.4, 0.5) is 4.39 Å². The van der Waals surface area contributed by atoms with E-state index in [1.807, 2.05) is 0 Å². The maximum atomic E-state index is 12.4. The van der Waals surface area contributed by atoms with Gasteiger partial charge in [-0.2, -0.15) is 0 Å². The summed E-state index contributed by atoms with van der Waals surface area (Å²) in [6.07, 6.45) is 0. The lowest BCUT2D eigenvalue weighted by Crippen LogP contribution is -2.09. The van der Waals surface area contributed by atoms with Gasteiger partial charge in [-0.3, -0.25) is 0 Å². The van der Waals surface area contributed by atoms with Crippen molar-refractivity contribution in [2.45, 2.75) is 0 Å². The third kappa shape index (κ3) is 2.86. The first-order valence-corrected chi connectivity index (χ1v) is 3.53. The minimum atomic E-state index is -0.280. The van der Waals surface area contributed by atoms with Gasteiger partial charge in [0.05, 0.1) is 0 Å². The number of hydrogen-bond donors (Lipinski definition) is 1. The number of benzene rings is 1. The van der Waals surface area contributed by atoms with Crippen molar-refractivity contribution in [3.63, 3.8) is 0 Å². The van der Waals surface area contributed by atoms with Crippen molar-refractivity contribution >= 4 is 0 Å². The molecule has 0 saturated carbocycles. The van der Waals surface area contributed by atoms with Gasteiger partial charge in [0.2, 0.25) is 0 Å². The molecule has 0 aromatic heterocycles. The minimum Gasteiger partial charge on any atom is -0.491 e. The van der Waals surface area contributed by atoms with E-state index in [1.165, 1.54) is 12.1 Å². The molecule has 0 aliphatic rings. The van der Waals surface area contributed by atoms with E-state index in [0.717, 1.165) is 0 Å². The summed E-state index contributed by atoms with van der Waals surface area (Å²) in [7, 11) is 0. The van der Waals surface area contributed by atoms with Gasteiger partial charge in [-0.15, -0.1) is 0 Å². The summed E-state index contributed by atoms with van der Waals surface area (Å²) in [5.74, 6) is 5.10. The predicted molar refractivity (Wildman–Crippen MR) is 42.0 cm³/mol. The topological polar surface area (TPSA) is 44.5 Å². The van der Waals surface area contributed by atoms with Crippen LogP contribution in [0, 0.1) is 5.82 Å². The molecule has 2 N–H and O–H groups in total.